The molecule has 0 aromatic rings. The molecule has 1 atom stereocenters. The van der Waals surface area contributed by atoms with Crippen molar-refractivity contribution in [3.8, 4) is 0 Å². The van der Waals surface area contributed by atoms with Crippen LogP contribution in [0.1, 0.15) is 85.5 Å². The molecular formula is C25H41BrO2. The summed E-state index contributed by atoms with van der Waals surface area (Å²) in [6.07, 6.45) is 19.5. The number of ether oxygens (including phenoxy) is 2. The minimum absolute atomic E-state index is 0.00181. The van der Waals surface area contributed by atoms with Crippen LogP contribution in [0, 0.1) is 0 Å². The highest BCUT2D eigenvalue weighted by molar-refractivity contribution is 9.09. The van der Waals surface area contributed by atoms with E-state index in [9.17, 15) is 0 Å². The van der Waals surface area contributed by atoms with Crippen LogP contribution in [0.2, 0.25) is 0 Å². The third-order valence-corrected chi connectivity index (χ3v) is 5.36. The summed E-state index contributed by atoms with van der Waals surface area (Å²) in [5, 5.41) is 0.954. The van der Waals surface area contributed by atoms with Crippen LogP contribution in [0.25, 0.3) is 0 Å². The predicted molar refractivity (Wildman–Crippen MR) is 126 cm³/mol. The minimum atomic E-state index is -0.00181. The molecular weight excluding hydrogens is 412 g/mol. The highest BCUT2D eigenvalue weighted by Gasteiger charge is 2.14. The third-order valence-electron chi connectivity index (χ3n) is 5.04. The Morgan fingerprint density at radius 3 is 2.21 bits per heavy atom. The predicted octanol–water partition coefficient (Wildman–Crippen LogP) is 8.05. The molecule has 3 heteroatoms. The second-order valence-electron chi connectivity index (χ2n) is 8.12. The molecule has 1 aliphatic heterocycles. The van der Waals surface area contributed by atoms with Crippen molar-refractivity contribution in [3.05, 3.63) is 46.6 Å². The van der Waals surface area contributed by atoms with E-state index in [1.165, 1.54) is 35.1 Å². The van der Waals surface area contributed by atoms with Crippen LogP contribution in [-0.4, -0.2) is 24.8 Å². The zero-order chi connectivity index (χ0) is 20.6. The lowest BCUT2D eigenvalue weighted by Crippen LogP contribution is -2.23. The van der Waals surface area contributed by atoms with Gasteiger partial charge in [-0.1, -0.05) is 57.0 Å². The minimum Gasteiger partial charge on any atom is -0.353 e. The van der Waals surface area contributed by atoms with Gasteiger partial charge in [0.2, 0.25) is 0 Å². The summed E-state index contributed by atoms with van der Waals surface area (Å²) in [7, 11) is 0. The number of rotatable bonds is 13. The van der Waals surface area contributed by atoms with Crippen LogP contribution >= 0.6 is 15.9 Å². The molecule has 0 aliphatic carbocycles. The van der Waals surface area contributed by atoms with Gasteiger partial charge in [-0.2, -0.15) is 0 Å². The Balaban J connectivity index is 2.45. The molecule has 0 saturated carbocycles. The Morgan fingerprint density at radius 1 is 0.893 bits per heavy atom. The Morgan fingerprint density at radius 2 is 1.57 bits per heavy atom. The fraction of sp³-hybridized carbons (Fsp3) is 0.680. The van der Waals surface area contributed by atoms with Crippen molar-refractivity contribution < 1.29 is 9.47 Å². The number of halogens is 1. The van der Waals surface area contributed by atoms with Gasteiger partial charge in [0, 0.05) is 11.9 Å². The maximum Gasteiger partial charge on any atom is 0.158 e. The highest BCUT2D eigenvalue weighted by atomic mass is 79.9. The van der Waals surface area contributed by atoms with Crippen LogP contribution in [0.5, 0.6) is 0 Å². The number of allylic oxidation sites excluding steroid dienone is 7. The standard InChI is InChI=1S/C25H41BrO2/c1-21(2)10-7-14-24(20-28-25-16-5-6-19-27-25)15-9-13-22(3)11-8-12-23(4)17-18-26/h10-11,15,17,25H,5-9,12-14,16,18-20H2,1-4H3/b22-11+,23-17+,24-15+. The van der Waals surface area contributed by atoms with E-state index in [1.807, 2.05) is 0 Å². The highest BCUT2D eigenvalue weighted by Crippen LogP contribution is 2.18. The number of hydrogen-bond donors (Lipinski definition) is 0. The summed E-state index contributed by atoms with van der Waals surface area (Å²) in [6, 6.07) is 0. The van der Waals surface area contributed by atoms with Gasteiger partial charge >= 0.3 is 0 Å². The number of alkyl halides is 1. The fourth-order valence-electron chi connectivity index (χ4n) is 3.21. The summed E-state index contributed by atoms with van der Waals surface area (Å²) in [5.41, 5.74) is 5.75. The Bertz CT molecular complexity index is 533. The first-order chi connectivity index (χ1) is 13.5. The average Bonchev–Trinajstić information content (AvgIpc) is 2.66. The van der Waals surface area contributed by atoms with Crippen molar-refractivity contribution >= 4 is 15.9 Å². The van der Waals surface area contributed by atoms with Crippen LogP contribution in [0.4, 0.5) is 0 Å². The van der Waals surface area contributed by atoms with Crippen molar-refractivity contribution in [2.45, 2.75) is 91.8 Å². The number of hydrogen-bond acceptors (Lipinski definition) is 2. The van der Waals surface area contributed by atoms with Crippen LogP contribution < -0.4 is 0 Å². The lowest BCUT2D eigenvalue weighted by molar-refractivity contribution is -0.157. The topological polar surface area (TPSA) is 18.5 Å². The summed E-state index contributed by atoms with van der Waals surface area (Å²) in [6.45, 7) is 10.3. The first-order valence-electron chi connectivity index (χ1n) is 10.9. The third kappa shape index (κ3) is 13.5. The molecule has 1 heterocycles. The van der Waals surface area contributed by atoms with Crippen LogP contribution in [0.3, 0.4) is 0 Å². The van der Waals surface area contributed by atoms with E-state index < -0.39 is 0 Å². The van der Waals surface area contributed by atoms with E-state index in [1.54, 1.807) is 0 Å². The molecule has 1 fully saturated rings. The van der Waals surface area contributed by atoms with Gasteiger partial charge in [-0.3, -0.25) is 0 Å². The first kappa shape index (κ1) is 25.4. The Kier molecular flexibility index (Phi) is 14.7. The van der Waals surface area contributed by atoms with E-state index in [4.69, 9.17) is 9.47 Å². The van der Waals surface area contributed by atoms with E-state index in [0.717, 1.165) is 56.9 Å². The summed E-state index contributed by atoms with van der Waals surface area (Å²) >= 11 is 3.46. The van der Waals surface area contributed by atoms with E-state index in [-0.39, 0.29) is 6.29 Å². The fourth-order valence-corrected chi connectivity index (χ4v) is 3.76. The van der Waals surface area contributed by atoms with Gasteiger partial charge in [0.25, 0.3) is 0 Å². The monoisotopic (exact) mass is 452 g/mol. The first-order valence-corrected chi connectivity index (χ1v) is 12.0. The molecule has 28 heavy (non-hydrogen) atoms. The van der Waals surface area contributed by atoms with E-state index >= 15 is 0 Å². The van der Waals surface area contributed by atoms with E-state index in [0.29, 0.717) is 6.61 Å². The van der Waals surface area contributed by atoms with Crippen molar-refractivity contribution in [3.63, 3.8) is 0 Å². The quantitative estimate of drug-likeness (QED) is 0.207. The van der Waals surface area contributed by atoms with Gasteiger partial charge in [-0.05, 0) is 91.1 Å². The zero-order valence-corrected chi connectivity index (χ0v) is 20.2. The molecule has 0 spiro atoms. The lowest BCUT2D eigenvalue weighted by Gasteiger charge is -2.23. The maximum absolute atomic E-state index is 6.04. The molecule has 160 valence electrons. The largest absolute Gasteiger partial charge is 0.353 e. The summed E-state index contributed by atoms with van der Waals surface area (Å²) < 4.78 is 11.8. The van der Waals surface area contributed by atoms with Gasteiger partial charge in [0.15, 0.2) is 6.29 Å². The molecule has 1 rings (SSSR count). The van der Waals surface area contributed by atoms with Crippen molar-refractivity contribution in [1.82, 2.24) is 0 Å². The lowest BCUT2D eigenvalue weighted by atomic mass is 10.0. The summed E-state index contributed by atoms with van der Waals surface area (Å²) in [4.78, 5) is 0. The van der Waals surface area contributed by atoms with Gasteiger partial charge in [0.05, 0.1) is 6.61 Å². The second kappa shape index (κ2) is 16.2. The average molecular weight is 454 g/mol. The van der Waals surface area contributed by atoms with Crippen LogP contribution in [-0.2, 0) is 9.47 Å². The zero-order valence-electron chi connectivity index (χ0n) is 18.6. The molecule has 0 N–H and O–H groups in total. The SMILES string of the molecule is CC(C)=CCC/C(=C\CC/C(C)=C/CC/C(C)=C/CBr)COC1CCCCO1. The molecule has 0 aromatic heterocycles. The van der Waals surface area contributed by atoms with Crippen molar-refractivity contribution in [2.24, 2.45) is 0 Å². The molecule has 0 bridgehead atoms. The van der Waals surface area contributed by atoms with Gasteiger partial charge in [0.1, 0.15) is 0 Å². The van der Waals surface area contributed by atoms with E-state index in [2.05, 4.69) is 67.9 Å². The van der Waals surface area contributed by atoms with Crippen LogP contribution in [0.15, 0.2) is 46.6 Å². The molecule has 0 aromatic carbocycles. The molecule has 2 nitrogen and oxygen atoms in total. The van der Waals surface area contributed by atoms with Crippen molar-refractivity contribution in [1.29, 1.82) is 0 Å². The molecule has 0 amide bonds. The smallest absolute Gasteiger partial charge is 0.158 e. The Hall–Kier alpha value is -0.640. The second-order valence-corrected chi connectivity index (χ2v) is 8.77. The van der Waals surface area contributed by atoms with Gasteiger partial charge in [-0.15, -0.1) is 0 Å². The molecule has 1 saturated heterocycles. The molecule has 0 radical (unpaired) electrons. The molecule has 1 aliphatic rings. The normalized spacial score (nSPS) is 19.0. The molecule has 1 unspecified atom stereocenters. The van der Waals surface area contributed by atoms with Crippen molar-refractivity contribution in [2.75, 3.05) is 18.5 Å². The Labute approximate surface area is 182 Å². The van der Waals surface area contributed by atoms with Gasteiger partial charge < -0.3 is 9.47 Å². The van der Waals surface area contributed by atoms with Gasteiger partial charge in [-0.25, -0.2) is 0 Å². The maximum atomic E-state index is 6.04. The summed E-state index contributed by atoms with van der Waals surface area (Å²) in [5.74, 6) is 0.